The second-order valence-electron chi connectivity index (χ2n) is 8.94. The molecule has 0 spiro atoms. The van der Waals surface area contributed by atoms with Crippen molar-refractivity contribution in [2.45, 2.75) is 49.9 Å². The highest BCUT2D eigenvalue weighted by Gasteiger charge is 2.35. The van der Waals surface area contributed by atoms with Crippen molar-refractivity contribution in [3.05, 3.63) is 60.5 Å². The summed E-state index contributed by atoms with van der Waals surface area (Å²) in [5.74, 6) is -0.525. The number of halogens is 1. The lowest BCUT2D eigenvalue weighted by atomic mass is 9.97. The van der Waals surface area contributed by atoms with E-state index in [1.807, 2.05) is 77.2 Å². The number of carbonyl (C=O) groups excluding carboxylic acids is 1. The van der Waals surface area contributed by atoms with Gasteiger partial charge in [-0.25, -0.2) is 4.39 Å². The average Bonchev–Trinajstić information content (AvgIpc) is 3.16. The molecule has 160 valence electrons. The molecule has 1 aromatic heterocycles. The molecule has 0 aliphatic heterocycles. The molecular weight excluding hydrogens is 429 g/mol. The van der Waals surface area contributed by atoms with Crippen LogP contribution in [0.15, 0.2) is 59.6 Å². The Morgan fingerprint density at radius 2 is 1.71 bits per heavy atom. The van der Waals surface area contributed by atoms with Gasteiger partial charge in [0.2, 0.25) is 0 Å². The van der Waals surface area contributed by atoms with Crippen LogP contribution in [0.3, 0.4) is 0 Å². The van der Waals surface area contributed by atoms with Crippen LogP contribution in [-0.2, 0) is 9.53 Å². The number of carbonyl (C=O) groups is 1. The Morgan fingerprint density at radius 1 is 1.00 bits per heavy atom. The molecule has 0 saturated heterocycles. The molecule has 0 aliphatic rings. The number of rotatable bonds is 4. The minimum Gasteiger partial charge on any atom is -0.459 e. The fraction of sp³-hybridized carbons (Fsp3) is 0.280. The molecule has 0 unspecified atom stereocenters. The summed E-state index contributed by atoms with van der Waals surface area (Å²) in [6, 6.07) is 14.8. The van der Waals surface area contributed by atoms with Crippen molar-refractivity contribution < 1.29 is 13.9 Å². The zero-order valence-corrected chi connectivity index (χ0v) is 19.8. The molecule has 0 N–H and O–H groups in total. The molecule has 4 aromatic rings. The fourth-order valence-electron chi connectivity index (χ4n) is 3.45. The molecule has 0 saturated carbocycles. The molecule has 3 aromatic carbocycles. The standard InChI is InChI=1S/C25H24FNO2S2/c1-24(2,3)29-23(28)25(4,5)30-20-13-10-15-14-27-31-22(15)21(20)18-11-12-19(26)17-9-7-6-8-16(17)18/h6-14H,1-5H3. The minimum atomic E-state index is -0.809. The van der Waals surface area contributed by atoms with Gasteiger partial charge in [-0.15, -0.1) is 11.8 Å². The van der Waals surface area contributed by atoms with E-state index in [2.05, 4.69) is 4.37 Å². The Kier molecular flexibility index (Phi) is 5.56. The number of esters is 1. The smallest absolute Gasteiger partial charge is 0.322 e. The van der Waals surface area contributed by atoms with E-state index in [0.717, 1.165) is 31.5 Å². The molecule has 31 heavy (non-hydrogen) atoms. The summed E-state index contributed by atoms with van der Waals surface area (Å²) in [7, 11) is 0. The molecule has 6 heteroatoms. The van der Waals surface area contributed by atoms with Crippen LogP contribution in [-0.4, -0.2) is 20.7 Å². The van der Waals surface area contributed by atoms with Gasteiger partial charge in [0.05, 0.1) is 4.70 Å². The van der Waals surface area contributed by atoms with Gasteiger partial charge in [0.25, 0.3) is 0 Å². The number of benzene rings is 3. The number of aromatic nitrogens is 1. The molecule has 0 amide bonds. The van der Waals surface area contributed by atoms with E-state index in [4.69, 9.17) is 4.74 Å². The Labute approximate surface area is 189 Å². The Morgan fingerprint density at radius 3 is 2.42 bits per heavy atom. The second-order valence-corrected chi connectivity index (χ2v) is 11.4. The van der Waals surface area contributed by atoms with Crippen LogP contribution >= 0.6 is 23.3 Å². The third kappa shape index (κ3) is 4.32. The predicted molar refractivity (Wildman–Crippen MR) is 128 cm³/mol. The lowest BCUT2D eigenvalue weighted by Crippen LogP contribution is -2.36. The third-order valence-electron chi connectivity index (χ3n) is 4.88. The first-order valence-corrected chi connectivity index (χ1v) is 11.6. The van der Waals surface area contributed by atoms with Gasteiger partial charge < -0.3 is 4.74 Å². The Bertz CT molecular complexity index is 1290. The van der Waals surface area contributed by atoms with Crippen LogP contribution in [0.4, 0.5) is 4.39 Å². The van der Waals surface area contributed by atoms with Gasteiger partial charge in [0.15, 0.2) is 0 Å². The van der Waals surface area contributed by atoms with E-state index in [-0.39, 0.29) is 11.8 Å². The summed E-state index contributed by atoms with van der Waals surface area (Å²) in [6.07, 6.45) is 1.84. The maximum absolute atomic E-state index is 14.5. The molecule has 3 nitrogen and oxygen atoms in total. The molecule has 4 rings (SSSR count). The lowest BCUT2D eigenvalue weighted by molar-refractivity contribution is -0.156. The topological polar surface area (TPSA) is 39.2 Å². The van der Waals surface area contributed by atoms with E-state index < -0.39 is 10.3 Å². The summed E-state index contributed by atoms with van der Waals surface area (Å²) in [5, 5.41) is 2.43. The van der Waals surface area contributed by atoms with Crippen molar-refractivity contribution in [2.75, 3.05) is 0 Å². The van der Waals surface area contributed by atoms with Crippen LogP contribution in [0.1, 0.15) is 34.6 Å². The van der Waals surface area contributed by atoms with Crippen molar-refractivity contribution in [1.29, 1.82) is 0 Å². The normalized spacial score (nSPS) is 12.5. The Balaban J connectivity index is 1.90. The first-order chi connectivity index (χ1) is 14.6. The molecule has 0 aliphatic carbocycles. The summed E-state index contributed by atoms with van der Waals surface area (Å²) < 4.78 is 24.7. The van der Waals surface area contributed by atoms with Gasteiger partial charge in [0.1, 0.15) is 16.2 Å². The average molecular weight is 454 g/mol. The number of nitrogens with zero attached hydrogens (tertiary/aromatic N) is 1. The summed E-state index contributed by atoms with van der Waals surface area (Å²) in [6.45, 7) is 9.34. The summed E-state index contributed by atoms with van der Waals surface area (Å²) >= 11 is 2.86. The highest BCUT2D eigenvalue weighted by Crippen LogP contribution is 2.46. The number of ether oxygens (including phenoxy) is 1. The molecule has 0 fully saturated rings. The van der Waals surface area contributed by atoms with E-state index in [1.165, 1.54) is 29.4 Å². The van der Waals surface area contributed by atoms with Gasteiger partial charge in [-0.05, 0) is 69.2 Å². The highest BCUT2D eigenvalue weighted by molar-refractivity contribution is 8.01. The molecular formula is C25H24FNO2S2. The zero-order valence-electron chi connectivity index (χ0n) is 18.2. The Hall–Kier alpha value is -2.44. The molecule has 0 radical (unpaired) electrons. The van der Waals surface area contributed by atoms with Gasteiger partial charge in [0, 0.05) is 27.4 Å². The first kappa shape index (κ1) is 21.8. The molecule has 0 atom stereocenters. The van der Waals surface area contributed by atoms with Gasteiger partial charge in [-0.3, -0.25) is 4.79 Å². The van der Waals surface area contributed by atoms with Crippen LogP contribution < -0.4 is 0 Å². The molecule has 1 heterocycles. The maximum atomic E-state index is 14.5. The monoisotopic (exact) mass is 453 g/mol. The van der Waals surface area contributed by atoms with Crippen LogP contribution in [0, 0.1) is 5.82 Å². The van der Waals surface area contributed by atoms with Gasteiger partial charge >= 0.3 is 5.97 Å². The number of hydrogen-bond acceptors (Lipinski definition) is 5. The third-order valence-corrected chi connectivity index (χ3v) is 6.95. The van der Waals surface area contributed by atoms with E-state index in [0.29, 0.717) is 5.39 Å². The van der Waals surface area contributed by atoms with Crippen molar-refractivity contribution in [3.63, 3.8) is 0 Å². The van der Waals surface area contributed by atoms with E-state index in [1.54, 1.807) is 6.07 Å². The van der Waals surface area contributed by atoms with Crippen molar-refractivity contribution in [2.24, 2.45) is 0 Å². The number of hydrogen-bond donors (Lipinski definition) is 0. The SMILES string of the molecule is CC(C)(C)OC(=O)C(C)(C)Sc1ccc2cnsc2c1-c1ccc(F)c2ccccc12. The van der Waals surface area contributed by atoms with Crippen molar-refractivity contribution in [3.8, 4) is 11.1 Å². The predicted octanol–water partition coefficient (Wildman–Crippen LogP) is 7.47. The zero-order chi connectivity index (χ0) is 22.4. The first-order valence-electron chi connectivity index (χ1n) is 10.0. The lowest BCUT2D eigenvalue weighted by Gasteiger charge is -2.28. The van der Waals surface area contributed by atoms with Crippen molar-refractivity contribution in [1.82, 2.24) is 4.37 Å². The summed E-state index contributed by atoms with van der Waals surface area (Å²) in [4.78, 5) is 13.8. The van der Waals surface area contributed by atoms with Gasteiger partial charge in [-0.2, -0.15) is 4.37 Å². The quantitative estimate of drug-likeness (QED) is 0.237. The van der Waals surface area contributed by atoms with Gasteiger partial charge in [-0.1, -0.05) is 36.4 Å². The minimum absolute atomic E-state index is 0.251. The second kappa shape index (κ2) is 7.92. The van der Waals surface area contributed by atoms with Crippen LogP contribution in [0.2, 0.25) is 0 Å². The maximum Gasteiger partial charge on any atom is 0.322 e. The van der Waals surface area contributed by atoms with Crippen LogP contribution in [0.25, 0.3) is 32.0 Å². The van der Waals surface area contributed by atoms with Crippen molar-refractivity contribution >= 4 is 50.1 Å². The molecule has 0 bridgehead atoms. The van der Waals surface area contributed by atoms with Crippen LogP contribution in [0.5, 0.6) is 0 Å². The van der Waals surface area contributed by atoms with E-state index >= 15 is 0 Å². The largest absolute Gasteiger partial charge is 0.459 e. The summed E-state index contributed by atoms with van der Waals surface area (Å²) in [5.41, 5.74) is 1.33. The number of fused-ring (bicyclic) bond motifs is 2. The highest BCUT2D eigenvalue weighted by atomic mass is 32.2. The van der Waals surface area contributed by atoms with E-state index in [9.17, 15) is 9.18 Å². The fourth-order valence-corrected chi connectivity index (χ4v) is 5.45. The number of thioether (sulfide) groups is 1.